The molecule has 1 fully saturated rings. The van der Waals surface area contributed by atoms with Crippen LogP contribution in [0.2, 0.25) is 0 Å². The monoisotopic (exact) mass is 443 g/mol. The fourth-order valence-corrected chi connectivity index (χ4v) is 4.31. The van der Waals surface area contributed by atoms with Gasteiger partial charge >= 0.3 is 6.09 Å². The number of nitrogens with zero attached hydrogens (tertiary/aromatic N) is 1. The van der Waals surface area contributed by atoms with Gasteiger partial charge in [-0.25, -0.2) is 4.79 Å². The Bertz CT molecular complexity index is 673. The van der Waals surface area contributed by atoms with Crippen LogP contribution in [0.3, 0.4) is 0 Å². The minimum atomic E-state index is -0.682. The second-order valence-corrected chi connectivity index (χ2v) is 8.71. The predicted octanol–water partition coefficient (Wildman–Crippen LogP) is 3.58. The molecule has 0 aliphatic carbocycles. The summed E-state index contributed by atoms with van der Waals surface area (Å²) < 4.78 is 5.35. The number of carbonyl (C=O) groups is 2. The first-order chi connectivity index (χ1) is 11.2. The number of alkyl halides is 1. The molecule has 0 aromatic heterocycles. The van der Waals surface area contributed by atoms with E-state index >= 15 is 0 Å². The highest BCUT2D eigenvalue weighted by Crippen LogP contribution is 2.39. The zero-order valence-corrected chi connectivity index (χ0v) is 16.2. The van der Waals surface area contributed by atoms with Crippen molar-refractivity contribution in [3.8, 4) is 0 Å². The third kappa shape index (κ3) is 3.31. The van der Waals surface area contributed by atoms with E-state index in [0.29, 0.717) is 19.4 Å². The van der Waals surface area contributed by atoms with E-state index < -0.39 is 11.1 Å². The average Bonchev–Trinajstić information content (AvgIpc) is 2.46. The van der Waals surface area contributed by atoms with Crippen molar-refractivity contribution >= 4 is 46.0 Å². The first-order valence-electron chi connectivity index (χ1n) is 8.03. The summed E-state index contributed by atoms with van der Waals surface area (Å²) in [7, 11) is 0. The molecule has 2 atom stereocenters. The molecule has 2 aliphatic heterocycles. The molecule has 7 heteroatoms. The third-order valence-electron chi connectivity index (χ3n) is 4.25. The van der Waals surface area contributed by atoms with Gasteiger partial charge in [-0.1, -0.05) is 34.7 Å². The van der Waals surface area contributed by atoms with E-state index in [-0.39, 0.29) is 16.0 Å². The van der Waals surface area contributed by atoms with Crippen LogP contribution in [-0.4, -0.2) is 38.6 Å². The standard InChI is InChI=1S/C17H22IN3O3/c1-16(2,3)24-15(23)21-9-8-17(10-13(21)18)14(22)19-11-6-4-5-7-12(11)20-17/h4-7,13,20H,8-10H2,1-3H3,(H,19,22). The van der Waals surface area contributed by atoms with Gasteiger partial charge in [0.15, 0.2) is 0 Å². The molecule has 2 unspecified atom stereocenters. The molecule has 1 aromatic rings. The number of halogens is 1. The van der Waals surface area contributed by atoms with Gasteiger partial charge in [0.2, 0.25) is 5.91 Å². The fraction of sp³-hybridized carbons (Fsp3) is 0.529. The molecule has 3 rings (SSSR count). The zero-order valence-electron chi connectivity index (χ0n) is 14.1. The molecule has 0 radical (unpaired) electrons. The van der Waals surface area contributed by atoms with Crippen LogP contribution in [0.1, 0.15) is 33.6 Å². The Morgan fingerprint density at radius 3 is 2.62 bits per heavy atom. The molecule has 1 saturated heterocycles. The van der Waals surface area contributed by atoms with Gasteiger partial charge in [-0.2, -0.15) is 0 Å². The van der Waals surface area contributed by atoms with E-state index in [1.165, 1.54) is 0 Å². The van der Waals surface area contributed by atoms with E-state index in [9.17, 15) is 9.59 Å². The number of hydrogen-bond acceptors (Lipinski definition) is 4. The molecule has 2 N–H and O–H groups in total. The first kappa shape index (κ1) is 17.3. The number of likely N-dealkylation sites (tertiary alicyclic amines) is 1. The summed E-state index contributed by atoms with van der Waals surface area (Å²) in [4.78, 5) is 26.7. The van der Waals surface area contributed by atoms with Crippen molar-refractivity contribution in [2.24, 2.45) is 0 Å². The van der Waals surface area contributed by atoms with E-state index in [2.05, 4.69) is 33.2 Å². The van der Waals surface area contributed by atoms with Crippen LogP contribution in [0.15, 0.2) is 24.3 Å². The molecule has 130 valence electrons. The number of benzene rings is 1. The number of amides is 2. The predicted molar refractivity (Wildman–Crippen MR) is 101 cm³/mol. The Labute approximate surface area is 155 Å². The highest BCUT2D eigenvalue weighted by molar-refractivity contribution is 14.1. The van der Waals surface area contributed by atoms with E-state index in [0.717, 1.165) is 11.4 Å². The smallest absolute Gasteiger partial charge is 0.411 e. The minimum absolute atomic E-state index is 0.0355. The van der Waals surface area contributed by atoms with Crippen molar-refractivity contribution in [2.45, 2.75) is 48.8 Å². The van der Waals surface area contributed by atoms with Crippen LogP contribution in [0.4, 0.5) is 16.2 Å². The Balaban J connectivity index is 1.75. The normalized spacial score (nSPS) is 26.4. The van der Waals surface area contributed by atoms with Gasteiger partial charge in [-0.15, -0.1) is 0 Å². The molecular weight excluding hydrogens is 421 g/mol. The largest absolute Gasteiger partial charge is 0.444 e. The maximum Gasteiger partial charge on any atom is 0.411 e. The van der Waals surface area contributed by atoms with Gasteiger partial charge < -0.3 is 15.4 Å². The van der Waals surface area contributed by atoms with Crippen molar-refractivity contribution in [3.05, 3.63) is 24.3 Å². The molecule has 6 nitrogen and oxygen atoms in total. The maximum absolute atomic E-state index is 12.7. The lowest BCUT2D eigenvalue weighted by atomic mass is 9.84. The van der Waals surface area contributed by atoms with Gasteiger partial charge in [0.25, 0.3) is 0 Å². The fourth-order valence-electron chi connectivity index (χ4n) is 3.05. The Morgan fingerprint density at radius 2 is 2.00 bits per heavy atom. The van der Waals surface area contributed by atoms with Crippen molar-refractivity contribution in [2.75, 3.05) is 17.2 Å². The molecule has 24 heavy (non-hydrogen) atoms. The quantitative estimate of drug-likeness (QED) is 0.366. The van der Waals surface area contributed by atoms with Crippen LogP contribution in [0, 0.1) is 0 Å². The van der Waals surface area contributed by atoms with Crippen molar-refractivity contribution in [3.63, 3.8) is 0 Å². The number of ether oxygens (including phenoxy) is 1. The topological polar surface area (TPSA) is 70.7 Å². The average molecular weight is 443 g/mol. The summed E-state index contributed by atoms with van der Waals surface area (Å²) in [6.07, 6.45) is 0.757. The van der Waals surface area contributed by atoms with Gasteiger partial charge in [-0.3, -0.25) is 9.69 Å². The van der Waals surface area contributed by atoms with Gasteiger partial charge in [0.1, 0.15) is 11.1 Å². The Kier molecular flexibility index (Phi) is 4.39. The van der Waals surface area contributed by atoms with Crippen LogP contribution in [0.5, 0.6) is 0 Å². The van der Waals surface area contributed by atoms with Gasteiger partial charge in [-0.05, 0) is 39.3 Å². The lowest BCUT2D eigenvalue weighted by Crippen LogP contribution is -2.61. The third-order valence-corrected chi connectivity index (χ3v) is 5.36. The molecule has 2 aliphatic rings. The number of fused-ring (bicyclic) bond motifs is 1. The number of piperidine rings is 1. The van der Waals surface area contributed by atoms with Crippen molar-refractivity contribution in [1.29, 1.82) is 0 Å². The summed E-state index contributed by atoms with van der Waals surface area (Å²) in [5, 5.41) is 6.39. The second-order valence-electron chi connectivity index (χ2n) is 7.27. The molecule has 0 saturated carbocycles. The summed E-state index contributed by atoms with van der Waals surface area (Å²) in [6.45, 7) is 6.04. The van der Waals surface area contributed by atoms with E-state index in [4.69, 9.17) is 4.74 Å². The molecule has 2 amide bonds. The van der Waals surface area contributed by atoms with Crippen molar-refractivity contribution < 1.29 is 14.3 Å². The highest BCUT2D eigenvalue weighted by atomic mass is 127. The first-order valence-corrected chi connectivity index (χ1v) is 9.27. The Hall–Kier alpha value is -1.51. The van der Waals surface area contributed by atoms with Crippen molar-refractivity contribution in [1.82, 2.24) is 4.90 Å². The minimum Gasteiger partial charge on any atom is -0.444 e. The van der Waals surface area contributed by atoms with Gasteiger partial charge in [0.05, 0.1) is 15.4 Å². The highest BCUT2D eigenvalue weighted by Gasteiger charge is 2.48. The molecule has 1 spiro atoms. The summed E-state index contributed by atoms with van der Waals surface area (Å²) in [5.41, 5.74) is 0.514. The van der Waals surface area contributed by atoms with Crippen LogP contribution in [-0.2, 0) is 9.53 Å². The lowest BCUT2D eigenvalue weighted by Gasteiger charge is -2.46. The lowest BCUT2D eigenvalue weighted by molar-refractivity contribution is -0.122. The molecular formula is C17H22IN3O3. The second kappa shape index (κ2) is 6.09. The number of para-hydroxylation sites is 2. The molecule has 1 aromatic carbocycles. The number of carbonyl (C=O) groups excluding carboxylic acids is 2. The van der Waals surface area contributed by atoms with Crippen LogP contribution < -0.4 is 10.6 Å². The number of anilines is 2. The Morgan fingerprint density at radius 1 is 1.33 bits per heavy atom. The van der Waals surface area contributed by atoms with Crippen LogP contribution >= 0.6 is 22.6 Å². The SMILES string of the molecule is CC(C)(C)OC(=O)N1CCC2(CC1I)Nc1ccccc1NC2=O. The van der Waals surface area contributed by atoms with E-state index in [1.54, 1.807) is 4.90 Å². The number of nitrogens with one attached hydrogen (secondary N) is 2. The number of rotatable bonds is 0. The number of hydrogen-bond donors (Lipinski definition) is 2. The zero-order chi connectivity index (χ0) is 17.5. The van der Waals surface area contributed by atoms with E-state index in [1.807, 2.05) is 45.0 Å². The summed E-state index contributed by atoms with van der Waals surface area (Å²) in [5.74, 6) is -0.0355. The van der Waals surface area contributed by atoms with Crippen LogP contribution in [0.25, 0.3) is 0 Å². The van der Waals surface area contributed by atoms with Gasteiger partial charge in [0, 0.05) is 13.0 Å². The summed E-state index contributed by atoms with van der Waals surface area (Å²) in [6, 6.07) is 7.67. The molecule has 2 heterocycles. The maximum atomic E-state index is 12.7. The summed E-state index contributed by atoms with van der Waals surface area (Å²) >= 11 is 2.21. The molecule has 0 bridgehead atoms.